The molecule has 1 atom stereocenters. The van der Waals surface area contributed by atoms with E-state index in [1.54, 1.807) is 25.3 Å². The molecule has 0 saturated heterocycles. The molecule has 0 aliphatic rings. The first-order valence-corrected chi connectivity index (χ1v) is 9.12. The molecule has 25 heavy (non-hydrogen) atoms. The first kappa shape index (κ1) is 17.6. The first-order valence-electron chi connectivity index (χ1n) is 7.86. The number of hydrogen-bond acceptors (Lipinski definition) is 3. The van der Waals surface area contributed by atoms with Gasteiger partial charge < -0.3 is 10.1 Å². The molecule has 0 spiro atoms. The van der Waals surface area contributed by atoms with Crippen molar-refractivity contribution in [2.75, 3.05) is 12.4 Å². The Morgan fingerprint density at radius 1 is 1.08 bits per heavy atom. The van der Waals surface area contributed by atoms with E-state index in [1.165, 1.54) is 17.1 Å². The van der Waals surface area contributed by atoms with Crippen molar-refractivity contribution in [2.24, 2.45) is 0 Å². The van der Waals surface area contributed by atoms with Gasteiger partial charge in [0.2, 0.25) is 5.91 Å². The van der Waals surface area contributed by atoms with Crippen LogP contribution in [0.25, 0.3) is 10.8 Å². The molecule has 3 aromatic rings. The lowest BCUT2D eigenvalue weighted by molar-refractivity contribution is -0.115. The summed E-state index contributed by atoms with van der Waals surface area (Å²) in [7, 11) is 1.56. The Labute approximate surface area is 156 Å². The van der Waals surface area contributed by atoms with Crippen molar-refractivity contribution in [1.29, 1.82) is 0 Å². The molecule has 128 valence electrons. The van der Waals surface area contributed by atoms with Gasteiger partial charge >= 0.3 is 0 Å². The van der Waals surface area contributed by atoms with Gasteiger partial charge in [0.05, 0.1) is 18.0 Å². The van der Waals surface area contributed by atoms with Crippen LogP contribution in [0, 0.1) is 0 Å². The molecule has 0 unspecified atom stereocenters. The maximum Gasteiger partial charge on any atom is 0.237 e. The largest absolute Gasteiger partial charge is 0.495 e. The van der Waals surface area contributed by atoms with Crippen molar-refractivity contribution in [1.82, 2.24) is 0 Å². The zero-order valence-corrected chi connectivity index (χ0v) is 15.5. The third-order valence-corrected chi connectivity index (χ3v) is 5.15. The van der Waals surface area contributed by atoms with E-state index in [2.05, 4.69) is 29.6 Å². The van der Waals surface area contributed by atoms with E-state index in [0.29, 0.717) is 16.5 Å². The highest BCUT2D eigenvalue weighted by Gasteiger charge is 2.17. The van der Waals surface area contributed by atoms with E-state index < -0.39 is 0 Å². The maximum atomic E-state index is 12.5. The molecule has 0 aromatic heterocycles. The second kappa shape index (κ2) is 7.81. The summed E-state index contributed by atoms with van der Waals surface area (Å²) in [4.78, 5) is 13.6. The molecule has 0 fully saturated rings. The predicted octanol–water partition coefficient (Wildman–Crippen LogP) is 5.62. The normalized spacial score (nSPS) is 12.0. The van der Waals surface area contributed by atoms with Gasteiger partial charge in [-0.1, -0.05) is 41.9 Å². The fraction of sp³-hybridized carbons (Fsp3) is 0.150. The van der Waals surface area contributed by atoms with E-state index in [4.69, 9.17) is 16.3 Å². The third kappa shape index (κ3) is 4.27. The number of benzene rings is 3. The predicted molar refractivity (Wildman–Crippen MR) is 106 cm³/mol. The number of amides is 1. The van der Waals surface area contributed by atoms with Crippen LogP contribution in [-0.2, 0) is 4.79 Å². The van der Waals surface area contributed by atoms with Gasteiger partial charge in [0.1, 0.15) is 5.75 Å². The minimum Gasteiger partial charge on any atom is -0.495 e. The smallest absolute Gasteiger partial charge is 0.237 e. The van der Waals surface area contributed by atoms with Crippen molar-refractivity contribution in [3.63, 3.8) is 0 Å². The van der Waals surface area contributed by atoms with E-state index >= 15 is 0 Å². The number of anilines is 1. The molecule has 3 rings (SSSR count). The number of carbonyl (C=O) groups excluding carboxylic acids is 1. The summed E-state index contributed by atoms with van der Waals surface area (Å²) in [6.45, 7) is 1.88. The lowest BCUT2D eigenvalue weighted by Crippen LogP contribution is -2.22. The molecule has 5 heteroatoms. The van der Waals surface area contributed by atoms with E-state index in [0.717, 1.165) is 10.3 Å². The van der Waals surface area contributed by atoms with Crippen LogP contribution < -0.4 is 10.1 Å². The van der Waals surface area contributed by atoms with E-state index in [9.17, 15) is 4.79 Å². The molecular weight excluding hydrogens is 354 g/mol. The number of fused-ring (bicyclic) bond motifs is 1. The second-order valence-corrected chi connectivity index (χ2v) is 7.45. The van der Waals surface area contributed by atoms with Gasteiger partial charge in [-0.3, -0.25) is 4.79 Å². The van der Waals surface area contributed by atoms with Gasteiger partial charge in [0.15, 0.2) is 0 Å². The Kier molecular flexibility index (Phi) is 5.51. The number of ether oxygens (including phenoxy) is 1. The average Bonchev–Trinajstić information content (AvgIpc) is 2.61. The fourth-order valence-electron chi connectivity index (χ4n) is 2.51. The van der Waals surface area contributed by atoms with Crippen LogP contribution in [0.4, 0.5) is 5.69 Å². The van der Waals surface area contributed by atoms with Crippen LogP contribution >= 0.6 is 23.4 Å². The summed E-state index contributed by atoms with van der Waals surface area (Å²) in [5.74, 6) is 0.486. The minimum atomic E-state index is -0.259. The van der Waals surface area contributed by atoms with Crippen molar-refractivity contribution in [3.8, 4) is 5.75 Å². The Morgan fingerprint density at radius 3 is 2.60 bits per heavy atom. The van der Waals surface area contributed by atoms with E-state index in [-0.39, 0.29) is 11.2 Å². The minimum absolute atomic E-state index is 0.0984. The molecular formula is C20H18ClNO2S. The highest BCUT2D eigenvalue weighted by Crippen LogP contribution is 2.30. The lowest BCUT2D eigenvalue weighted by Gasteiger charge is -2.15. The Hall–Kier alpha value is -2.17. The van der Waals surface area contributed by atoms with Crippen molar-refractivity contribution in [3.05, 3.63) is 65.7 Å². The highest BCUT2D eigenvalue weighted by atomic mass is 35.5. The molecule has 0 aliphatic heterocycles. The maximum absolute atomic E-state index is 12.5. The summed E-state index contributed by atoms with van der Waals surface area (Å²) in [5, 5.41) is 5.53. The average molecular weight is 372 g/mol. The monoisotopic (exact) mass is 371 g/mol. The Morgan fingerprint density at radius 2 is 1.84 bits per heavy atom. The number of thioether (sulfide) groups is 1. The zero-order valence-electron chi connectivity index (χ0n) is 14.0. The van der Waals surface area contributed by atoms with Crippen LogP contribution in [0.2, 0.25) is 5.02 Å². The summed E-state index contributed by atoms with van der Waals surface area (Å²) in [6.07, 6.45) is 0. The number of rotatable bonds is 5. The quantitative estimate of drug-likeness (QED) is 0.591. The summed E-state index contributed by atoms with van der Waals surface area (Å²) in [5.41, 5.74) is 0.575. The van der Waals surface area contributed by atoms with Crippen molar-refractivity contribution >= 4 is 45.7 Å². The molecule has 3 aromatic carbocycles. The SMILES string of the molecule is COc1ccc(Cl)cc1NC(=O)[C@H](C)Sc1ccc2ccccc2c1. The molecule has 0 radical (unpaired) electrons. The van der Waals surface area contributed by atoms with Crippen LogP contribution in [0.3, 0.4) is 0 Å². The third-order valence-electron chi connectivity index (χ3n) is 3.82. The van der Waals surface area contributed by atoms with Gasteiger partial charge in [-0.2, -0.15) is 0 Å². The fourth-order valence-corrected chi connectivity index (χ4v) is 3.60. The standard InChI is InChI=1S/C20H18ClNO2S/c1-13(20(23)22-18-12-16(21)8-10-19(18)24-2)25-17-9-7-14-5-3-4-6-15(14)11-17/h3-13H,1-2H3,(H,22,23)/t13-/m0/s1. The molecule has 0 heterocycles. The van der Waals surface area contributed by atoms with Gasteiger partial charge in [-0.05, 0) is 48.0 Å². The Bertz CT molecular complexity index is 913. The van der Waals surface area contributed by atoms with Gasteiger partial charge in [0.25, 0.3) is 0 Å². The molecule has 1 amide bonds. The van der Waals surface area contributed by atoms with E-state index in [1.807, 2.05) is 25.1 Å². The second-order valence-electron chi connectivity index (χ2n) is 5.60. The lowest BCUT2D eigenvalue weighted by atomic mass is 10.1. The van der Waals surface area contributed by atoms with Crippen LogP contribution in [0.1, 0.15) is 6.92 Å². The number of carbonyl (C=O) groups is 1. The summed E-state index contributed by atoms with van der Waals surface area (Å²) in [6, 6.07) is 19.5. The number of hydrogen-bond donors (Lipinski definition) is 1. The van der Waals surface area contributed by atoms with Gasteiger partial charge in [0, 0.05) is 9.92 Å². The summed E-state index contributed by atoms with van der Waals surface area (Å²) < 4.78 is 5.27. The van der Waals surface area contributed by atoms with Gasteiger partial charge in [-0.15, -0.1) is 11.8 Å². The zero-order chi connectivity index (χ0) is 17.8. The first-order chi connectivity index (χ1) is 12.1. The molecule has 3 nitrogen and oxygen atoms in total. The van der Waals surface area contributed by atoms with Crippen molar-refractivity contribution < 1.29 is 9.53 Å². The summed E-state index contributed by atoms with van der Waals surface area (Å²) >= 11 is 7.53. The number of nitrogens with one attached hydrogen (secondary N) is 1. The van der Waals surface area contributed by atoms with Crippen LogP contribution in [-0.4, -0.2) is 18.3 Å². The molecule has 1 N–H and O–H groups in total. The Balaban J connectivity index is 1.72. The number of halogens is 1. The van der Waals surface area contributed by atoms with Gasteiger partial charge in [-0.25, -0.2) is 0 Å². The number of methoxy groups -OCH3 is 1. The topological polar surface area (TPSA) is 38.3 Å². The molecule has 0 saturated carbocycles. The van der Waals surface area contributed by atoms with Crippen LogP contribution in [0.5, 0.6) is 5.75 Å². The van der Waals surface area contributed by atoms with Crippen molar-refractivity contribution in [2.45, 2.75) is 17.1 Å². The van der Waals surface area contributed by atoms with Crippen LogP contribution in [0.15, 0.2) is 65.6 Å². The molecule has 0 bridgehead atoms. The highest BCUT2D eigenvalue weighted by molar-refractivity contribution is 8.00. The molecule has 0 aliphatic carbocycles.